The Labute approximate surface area is 214 Å². The first-order valence-corrected chi connectivity index (χ1v) is 12.0. The third kappa shape index (κ3) is 4.60. The molecule has 0 bridgehead atoms. The summed E-state index contributed by atoms with van der Waals surface area (Å²) in [6, 6.07) is 10.9. The number of carbonyl (C=O) groups excluding carboxylic acids is 1. The number of hydrogen-bond donors (Lipinski definition) is 1. The van der Waals surface area contributed by atoms with Gasteiger partial charge in [0.25, 0.3) is 11.5 Å². The molecule has 0 aliphatic rings. The Morgan fingerprint density at radius 2 is 1.92 bits per heavy atom. The highest BCUT2D eigenvalue weighted by Crippen LogP contribution is 2.32. The van der Waals surface area contributed by atoms with Crippen LogP contribution in [0.2, 0.25) is 0 Å². The van der Waals surface area contributed by atoms with Gasteiger partial charge in [0, 0.05) is 22.3 Å². The van der Waals surface area contributed by atoms with Gasteiger partial charge in [-0.05, 0) is 54.3 Å². The van der Waals surface area contributed by atoms with Crippen LogP contribution in [0.4, 0.5) is 14.5 Å². The number of nitrogens with zero attached hydrogens (tertiary/aromatic N) is 4. The van der Waals surface area contributed by atoms with Crippen molar-refractivity contribution in [3.63, 3.8) is 0 Å². The van der Waals surface area contributed by atoms with Crippen molar-refractivity contribution in [1.29, 1.82) is 0 Å². The number of nitrogens with one attached hydrogen (secondary N) is 1. The van der Waals surface area contributed by atoms with Crippen LogP contribution in [0.3, 0.4) is 0 Å². The molecule has 0 unspecified atom stereocenters. The first-order chi connectivity index (χ1) is 17.3. The van der Waals surface area contributed by atoms with Gasteiger partial charge in [0.1, 0.15) is 22.5 Å². The lowest BCUT2D eigenvalue weighted by Gasteiger charge is -2.12. The summed E-state index contributed by atoms with van der Waals surface area (Å²) in [7, 11) is 0. The molecule has 0 saturated carbocycles. The molecule has 1 amide bonds. The van der Waals surface area contributed by atoms with E-state index in [-0.39, 0.29) is 34.3 Å². The molecule has 36 heavy (non-hydrogen) atoms. The summed E-state index contributed by atoms with van der Waals surface area (Å²) >= 11 is 4.52. The zero-order valence-electron chi connectivity index (χ0n) is 18.3. The Morgan fingerprint density at radius 1 is 1.08 bits per heavy atom. The Balaban J connectivity index is 1.40. The van der Waals surface area contributed by atoms with E-state index in [1.807, 2.05) is 5.38 Å². The second kappa shape index (κ2) is 9.55. The average Bonchev–Trinajstić information content (AvgIpc) is 3.31. The van der Waals surface area contributed by atoms with Crippen LogP contribution < -0.4 is 15.6 Å². The molecule has 8 nitrogen and oxygen atoms in total. The summed E-state index contributed by atoms with van der Waals surface area (Å²) < 4.78 is 36.8. The fourth-order valence-electron chi connectivity index (χ4n) is 3.39. The summed E-state index contributed by atoms with van der Waals surface area (Å²) in [6.07, 6.45) is 1.33. The largest absolute Gasteiger partial charge is 0.434 e. The summed E-state index contributed by atoms with van der Waals surface area (Å²) in [5.74, 6) is -2.01. The number of aromatic nitrogens is 4. The Bertz CT molecular complexity index is 1710. The highest BCUT2D eigenvalue weighted by Gasteiger charge is 2.18. The fraction of sp³-hybridized carbons (Fsp3) is 0.0417. The van der Waals surface area contributed by atoms with E-state index in [1.54, 1.807) is 12.1 Å². The monoisotopic (exact) mass is 569 g/mol. The van der Waals surface area contributed by atoms with Gasteiger partial charge in [0.15, 0.2) is 17.3 Å². The van der Waals surface area contributed by atoms with Gasteiger partial charge in [-0.3, -0.25) is 9.59 Å². The summed E-state index contributed by atoms with van der Waals surface area (Å²) in [4.78, 5) is 33.5. The number of hydrogen-bond acceptors (Lipinski definition) is 7. The molecule has 0 aliphatic carbocycles. The smallest absolute Gasteiger partial charge is 0.276 e. The number of aryl methyl sites for hydroxylation is 1. The van der Waals surface area contributed by atoms with E-state index in [1.165, 1.54) is 54.9 Å². The van der Waals surface area contributed by atoms with E-state index >= 15 is 0 Å². The first kappa shape index (κ1) is 23.7. The average molecular weight is 570 g/mol. The van der Waals surface area contributed by atoms with Crippen molar-refractivity contribution in [3.05, 3.63) is 98.0 Å². The molecule has 0 spiro atoms. The van der Waals surface area contributed by atoms with E-state index in [9.17, 15) is 18.4 Å². The number of halogens is 3. The van der Waals surface area contributed by atoms with E-state index in [4.69, 9.17) is 4.74 Å². The van der Waals surface area contributed by atoms with Crippen molar-refractivity contribution >= 4 is 49.1 Å². The molecular formula is C24H14BrF2N5O3S. The van der Waals surface area contributed by atoms with Crippen LogP contribution in [-0.2, 0) is 0 Å². The highest BCUT2D eigenvalue weighted by atomic mass is 79.9. The molecule has 1 N–H and O–H groups in total. The predicted molar refractivity (Wildman–Crippen MR) is 134 cm³/mol. The van der Waals surface area contributed by atoms with Crippen molar-refractivity contribution < 1.29 is 18.3 Å². The summed E-state index contributed by atoms with van der Waals surface area (Å²) in [5.41, 5.74) is 0.231. The van der Waals surface area contributed by atoms with Crippen LogP contribution in [-0.4, -0.2) is 25.7 Å². The normalized spacial score (nSPS) is 11.0. The molecule has 0 atom stereocenters. The zero-order chi connectivity index (χ0) is 25.4. The Kier molecular flexibility index (Phi) is 6.29. The second-order valence-electron chi connectivity index (χ2n) is 7.54. The molecule has 5 rings (SSSR count). The molecule has 5 aromatic rings. The minimum absolute atomic E-state index is 0.0880. The van der Waals surface area contributed by atoms with Crippen molar-refractivity contribution in [1.82, 2.24) is 19.7 Å². The predicted octanol–water partition coefficient (Wildman–Crippen LogP) is 5.63. The minimum atomic E-state index is -0.734. The molecule has 0 saturated heterocycles. The van der Waals surface area contributed by atoms with E-state index in [0.717, 1.165) is 10.7 Å². The molecule has 0 radical (unpaired) electrons. The lowest BCUT2D eigenvalue weighted by molar-refractivity contribution is 0.102. The number of anilines is 1. The fourth-order valence-corrected chi connectivity index (χ4v) is 4.49. The molecule has 3 heterocycles. The summed E-state index contributed by atoms with van der Waals surface area (Å²) in [5, 5.41) is 8.42. The van der Waals surface area contributed by atoms with Gasteiger partial charge < -0.3 is 10.1 Å². The lowest BCUT2D eigenvalue weighted by atomic mass is 10.2. The van der Waals surface area contributed by atoms with E-state index in [0.29, 0.717) is 14.7 Å². The third-order valence-corrected chi connectivity index (χ3v) is 6.47. The molecule has 3 aromatic heterocycles. The van der Waals surface area contributed by atoms with Crippen LogP contribution in [0.5, 0.6) is 11.6 Å². The van der Waals surface area contributed by atoms with Crippen molar-refractivity contribution in [3.8, 4) is 17.3 Å². The van der Waals surface area contributed by atoms with E-state index in [2.05, 4.69) is 36.3 Å². The van der Waals surface area contributed by atoms with Crippen molar-refractivity contribution in [2.75, 3.05) is 5.32 Å². The van der Waals surface area contributed by atoms with Gasteiger partial charge in [0.05, 0.1) is 5.52 Å². The van der Waals surface area contributed by atoms with Gasteiger partial charge in [0.2, 0.25) is 5.88 Å². The summed E-state index contributed by atoms with van der Waals surface area (Å²) in [6.45, 7) is 1.52. The number of benzene rings is 2. The molecule has 12 heteroatoms. The second-order valence-corrected chi connectivity index (χ2v) is 9.37. The standard InChI is InChI=1S/C24H14BrF2N5O3S/c1-12-8-20(33)32(18-4-2-13(25)9-15(18)26)31-21(12)23(34)30-14-3-5-19(16(27)10-14)35-24-22-17(6-7-36-22)28-11-29-24/h2-11H,1H3,(H,30,34). The van der Waals surface area contributed by atoms with Gasteiger partial charge in [-0.25, -0.2) is 18.7 Å². The van der Waals surface area contributed by atoms with Gasteiger partial charge in [-0.2, -0.15) is 9.78 Å². The van der Waals surface area contributed by atoms with Crippen LogP contribution in [0, 0.1) is 18.6 Å². The molecule has 180 valence electrons. The van der Waals surface area contributed by atoms with Crippen molar-refractivity contribution in [2.45, 2.75) is 6.92 Å². The number of ether oxygens (including phenoxy) is 1. The minimum Gasteiger partial charge on any atom is -0.434 e. The first-order valence-electron chi connectivity index (χ1n) is 10.3. The maximum Gasteiger partial charge on any atom is 0.276 e. The SMILES string of the molecule is Cc1cc(=O)n(-c2ccc(Br)cc2F)nc1C(=O)Nc1ccc(Oc2ncnc3ccsc23)c(F)c1. The Morgan fingerprint density at radius 3 is 2.69 bits per heavy atom. The number of amides is 1. The molecule has 2 aromatic carbocycles. The number of carbonyl (C=O) groups is 1. The van der Waals surface area contributed by atoms with Gasteiger partial charge in [-0.1, -0.05) is 15.9 Å². The molecular weight excluding hydrogens is 556 g/mol. The van der Waals surface area contributed by atoms with Crippen LogP contribution in [0.1, 0.15) is 16.1 Å². The number of rotatable bonds is 5. The molecule has 0 fully saturated rings. The quantitative estimate of drug-likeness (QED) is 0.294. The number of thiophene rings is 1. The molecule has 0 aliphatic heterocycles. The van der Waals surface area contributed by atoms with Crippen LogP contribution in [0.15, 0.2) is 69.5 Å². The van der Waals surface area contributed by atoms with Crippen molar-refractivity contribution in [2.24, 2.45) is 0 Å². The Hall–Kier alpha value is -4.03. The van der Waals surface area contributed by atoms with Gasteiger partial charge in [-0.15, -0.1) is 11.3 Å². The maximum atomic E-state index is 14.8. The van der Waals surface area contributed by atoms with Crippen LogP contribution >= 0.6 is 27.3 Å². The highest BCUT2D eigenvalue weighted by molar-refractivity contribution is 9.10. The number of fused-ring (bicyclic) bond motifs is 1. The van der Waals surface area contributed by atoms with E-state index < -0.39 is 23.1 Å². The topological polar surface area (TPSA) is 99.0 Å². The maximum absolute atomic E-state index is 14.8. The van der Waals surface area contributed by atoms with Gasteiger partial charge >= 0.3 is 0 Å². The lowest BCUT2D eigenvalue weighted by Crippen LogP contribution is -2.27. The third-order valence-electron chi connectivity index (χ3n) is 5.08. The van der Waals surface area contributed by atoms with Crippen LogP contribution in [0.25, 0.3) is 15.9 Å². The zero-order valence-corrected chi connectivity index (χ0v) is 20.7.